The SMILES string of the molecule is CCCCCCCCCCCCc1ccccc1C1(N)C=CC(N)=CC1. The molecule has 0 heterocycles. The third-order valence-corrected chi connectivity index (χ3v) is 5.57. The molecule has 1 unspecified atom stereocenters. The van der Waals surface area contributed by atoms with Gasteiger partial charge in [0.1, 0.15) is 0 Å². The van der Waals surface area contributed by atoms with Gasteiger partial charge in [-0.2, -0.15) is 0 Å². The first-order valence-electron chi connectivity index (χ1n) is 10.7. The molecule has 0 saturated heterocycles. The summed E-state index contributed by atoms with van der Waals surface area (Å²) in [5, 5.41) is 0. The van der Waals surface area contributed by atoms with Crippen molar-refractivity contribution in [2.75, 3.05) is 0 Å². The highest BCUT2D eigenvalue weighted by atomic mass is 14.7. The van der Waals surface area contributed by atoms with Crippen molar-refractivity contribution in [3.8, 4) is 0 Å². The lowest BCUT2D eigenvalue weighted by Crippen LogP contribution is -2.36. The zero-order valence-electron chi connectivity index (χ0n) is 16.7. The van der Waals surface area contributed by atoms with Gasteiger partial charge in [0.25, 0.3) is 0 Å². The first kappa shape index (κ1) is 20.8. The molecule has 1 aromatic rings. The third kappa shape index (κ3) is 6.64. The van der Waals surface area contributed by atoms with E-state index in [0.717, 1.165) is 18.5 Å². The summed E-state index contributed by atoms with van der Waals surface area (Å²) >= 11 is 0. The van der Waals surface area contributed by atoms with Crippen LogP contribution in [0.15, 0.2) is 48.2 Å². The Labute approximate surface area is 160 Å². The van der Waals surface area contributed by atoms with E-state index in [1.165, 1.54) is 75.3 Å². The molecular weight excluding hydrogens is 316 g/mol. The van der Waals surface area contributed by atoms with Crippen molar-refractivity contribution in [2.24, 2.45) is 11.5 Å². The van der Waals surface area contributed by atoms with Crippen LogP contribution in [0.4, 0.5) is 0 Å². The van der Waals surface area contributed by atoms with Crippen LogP contribution in [0.25, 0.3) is 0 Å². The largest absolute Gasteiger partial charge is 0.399 e. The lowest BCUT2D eigenvalue weighted by atomic mass is 9.81. The van der Waals surface area contributed by atoms with Crippen LogP contribution in [-0.2, 0) is 12.0 Å². The van der Waals surface area contributed by atoms with Gasteiger partial charge in [0.05, 0.1) is 5.54 Å². The van der Waals surface area contributed by atoms with Crippen LogP contribution in [0.5, 0.6) is 0 Å². The standard InChI is InChI=1S/C24H38N2/c1-2-3-4-5-6-7-8-9-10-11-14-21-15-12-13-16-23(21)24(26)19-17-22(25)18-20-24/h12-13,15-19H,2-11,14,20,25-26H2,1H3. The summed E-state index contributed by atoms with van der Waals surface area (Å²) in [6, 6.07) is 8.66. The van der Waals surface area contributed by atoms with Gasteiger partial charge >= 0.3 is 0 Å². The minimum Gasteiger partial charge on any atom is -0.399 e. The fourth-order valence-electron chi connectivity index (χ4n) is 3.86. The van der Waals surface area contributed by atoms with Crippen molar-refractivity contribution in [2.45, 2.75) is 89.5 Å². The van der Waals surface area contributed by atoms with Gasteiger partial charge in [0, 0.05) is 5.70 Å². The Bertz CT molecular complexity index is 588. The Morgan fingerprint density at radius 2 is 1.50 bits per heavy atom. The van der Waals surface area contributed by atoms with Gasteiger partial charge in [0.15, 0.2) is 0 Å². The molecule has 0 bridgehead atoms. The molecule has 4 N–H and O–H groups in total. The molecule has 1 atom stereocenters. The molecule has 2 heteroatoms. The highest BCUT2D eigenvalue weighted by molar-refractivity contribution is 5.41. The Hall–Kier alpha value is -1.54. The second kappa shape index (κ2) is 11.2. The van der Waals surface area contributed by atoms with Gasteiger partial charge in [-0.05, 0) is 36.5 Å². The zero-order chi connectivity index (χ0) is 18.7. The van der Waals surface area contributed by atoms with Crippen LogP contribution in [0.3, 0.4) is 0 Å². The molecule has 1 aliphatic carbocycles. The smallest absolute Gasteiger partial charge is 0.0637 e. The van der Waals surface area contributed by atoms with Gasteiger partial charge in [-0.25, -0.2) is 0 Å². The first-order valence-corrected chi connectivity index (χ1v) is 10.7. The Kier molecular flexibility index (Phi) is 8.97. The number of nitrogens with two attached hydrogens (primary N) is 2. The highest BCUT2D eigenvalue weighted by Gasteiger charge is 2.27. The van der Waals surface area contributed by atoms with Gasteiger partial charge < -0.3 is 11.5 Å². The minimum absolute atomic E-state index is 0.405. The lowest BCUT2D eigenvalue weighted by molar-refractivity contribution is 0.543. The molecule has 0 radical (unpaired) electrons. The van der Waals surface area contributed by atoms with Crippen molar-refractivity contribution in [1.29, 1.82) is 0 Å². The van der Waals surface area contributed by atoms with Crippen LogP contribution < -0.4 is 11.5 Å². The van der Waals surface area contributed by atoms with E-state index < -0.39 is 5.54 Å². The van der Waals surface area contributed by atoms with E-state index in [9.17, 15) is 0 Å². The van der Waals surface area contributed by atoms with E-state index in [4.69, 9.17) is 11.5 Å². The summed E-state index contributed by atoms with van der Waals surface area (Å²) in [4.78, 5) is 0. The average molecular weight is 355 g/mol. The molecule has 2 nitrogen and oxygen atoms in total. The lowest BCUT2D eigenvalue weighted by Gasteiger charge is -2.30. The van der Waals surface area contributed by atoms with Gasteiger partial charge in [-0.15, -0.1) is 0 Å². The van der Waals surface area contributed by atoms with Gasteiger partial charge in [-0.3, -0.25) is 0 Å². The molecule has 0 amide bonds. The summed E-state index contributed by atoms with van der Waals surface area (Å²) in [6.07, 6.45) is 21.7. The molecule has 0 aromatic heterocycles. The maximum absolute atomic E-state index is 6.68. The molecule has 0 aliphatic heterocycles. The van der Waals surface area contributed by atoms with Crippen LogP contribution in [0.1, 0.15) is 88.7 Å². The summed E-state index contributed by atoms with van der Waals surface area (Å²) in [5.74, 6) is 0. The van der Waals surface area contributed by atoms with Gasteiger partial charge in [-0.1, -0.05) is 101 Å². The Morgan fingerprint density at radius 1 is 0.885 bits per heavy atom. The first-order chi connectivity index (χ1) is 12.7. The summed E-state index contributed by atoms with van der Waals surface area (Å²) in [5.41, 5.74) is 15.6. The third-order valence-electron chi connectivity index (χ3n) is 5.57. The predicted octanol–water partition coefficient (Wildman–Crippen LogP) is 6.11. The summed E-state index contributed by atoms with van der Waals surface area (Å²) < 4.78 is 0. The molecule has 1 aliphatic rings. The second-order valence-electron chi connectivity index (χ2n) is 7.87. The number of hydrogen-bond donors (Lipinski definition) is 2. The number of aryl methyl sites for hydroxylation is 1. The predicted molar refractivity (Wildman–Crippen MR) is 114 cm³/mol. The molecular formula is C24H38N2. The Balaban J connectivity index is 1.71. The highest BCUT2D eigenvalue weighted by Crippen LogP contribution is 2.31. The van der Waals surface area contributed by atoms with Crippen molar-refractivity contribution >= 4 is 0 Å². The number of hydrogen-bond acceptors (Lipinski definition) is 2. The number of allylic oxidation sites excluding steroid dienone is 1. The maximum Gasteiger partial charge on any atom is 0.0637 e. The van der Waals surface area contributed by atoms with E-state index in [0.29, 0.717) is 0 Å². The van der Waals surface area contributed by atoms with E-state index in [-0.39, 0.29) is 0 Å². The maximum atomic E-state index is 6.68. The molecule has 144 valence electrons. The number of rotatable bonds is 12. The molecule has 0 saturated carbocycles. The summed E-state index contributed by atoms with van der Waals surface area (Å²) in [6.45, 7) is 2.28. The van der Waals surface area contributed by atoms with Crippen LogP contribution >= 0.6 is 0 Å². The number of benzene rings is 1. The topological polar surface area (TPSA) is 52.0 Å². The number of unbranched alkanes of at least 4 members (excludes halogenated alkanes) is 9. The molecule has 26 heavy (non-hydrogen) atoms. The van der Waals surface area contributed by atoms with E-state index in [1.807, 2.05) is 12.2 Å². The fourth-order valence-corrected chi connectivity index (χ4v) is 3.86. The second-order valence-corrected chi connectivity index (χ2v) is 7.87. The Morgan fingerprint density at radius 3 is 2.12 bits per heavy atom. The fraction of sp³-hybridized carbons (Fsp3) is 0.583. The quantitative estimate of drug-likeness (QED) is 0.445. The van der Waals surface area contributed by atoms with Crippen LogP contribution in [-0.4, -0.2) is 0 Å². The van der Waals surface area contributed by atoms with E-state index in [1.54, 1.807) is 0 Å². The molecule has 0 spiro atoms. The molecule has 0 fully saturated rings. The van der Waals surface area contributed by atoms with E-state index >= 15 is 0 Å². The van der Waals surface area contributed by atoms with Crippen LogP contribution in [0.2, 0.25) is 0 Å². The van der Waals surface area contributed by atoms with Crippen molar-refractivity contribution in [1.82, 2.24) is 0 Å². The summed E-state index contributed by atoms with van der Waals surface area (Å²) in [7, 11) is 0. The van der Waals surface area contributed by atoms with Crippen molar-refractivity contribution in [3.63, 3.8) is 0 Å². The monoisotopic (exact) mass is 354 g/mol. The molecule has 2 rings (SSSR count). The average Bonchev–Trinajstić information content (AvgIpc) is 2.66. The normalized spacial score (nSPS) is 19.5. The molecule has 1 aromatic carbocycles. The van der Waals surface area contributed by atoms with Crippen LogP contribution in [0, 0.1) is 0 Å². The van der Waals surface area contributed by atoms with Crippen molar-refractivity contribution < 1.29 is 0 Å². The zero-order valence-corrected chi connectivity index (χ0v) is 16.7. The van der Waals surface area contributed by atoms with E-state index in [2.05, 4.69) is 37.3 Å². The van der Waals surface area contributed by atoms with Crippen molar-refractivity contribution in [3.05, 3.63) is 59.3 Å². The van der Waals surface area contributed by atoms with Gasteiger partial charge in [0.2, 0.25) is 0 Å². The minimum atomic E-state index is -0.405.